The molecule has 0 aliphatic carbocycles. The molecule has 2 atom stereocenters. The molecule has 0 unspecified atom stereocenters. The van der Waals surface area contributed by atoms with Crippen molar-refractivity contribution in [3.05, 3.63) is 83.9 Å². The van der Waals surface area contributed by atoms with Crippen LogP contribution >= 0.6 is 0 Å². The summed E-state index contributed by atoms with van der Waals surface area (Å²) in [5.41, 5.74) is -0.995. The quantitative estimate of drug-likeness (QED) is 0.301. The Kier molecular flexibility index (Phi) is 6.47. The van der Waals surface area contributed by atoms with Crippen LogP contribution in [-0.2, 0) is 23.8 Å². The van der Waals surface area contributed by atoms with Gasteiger partial charge in [-0.05, 0) is 25.0 Å². The average molecular weight is 408 g/mol. The third-order valence-electron chi connectivity index (χ3n) is 5.08. The van der Waals surface area contributed by atoms with Crippen molar-refractivity contribution in [1.82, 2.24) is 0 Å². The first-order valence-corrected chi connectivity index (χ1v) is 9.81. The first-order valence-electron chi connectivity index (χ1n) is 9.81. The van der Waals surface area contributed by atoms with Gasteiger partial charge in [-0.2, -0.15) is 0 Å². The molecule has 2 aromatic rings. The smallest absolute Gasteiger partial charge is 0.331 e. The monoisotopic (exact) mass is 408 g/mol. The predicted octanol–water partition coefficient (Wildman–Crippen LogP) is 3.68. The highest BCUT2D eigenvalue weighted by Crippen LogP contribution is 2.52. The summed E-state index contributed by atoms with van der Waals surface area (Å²) < 4.78 is 16.5. The summed E-state index contributed by atoms with van der Waals surface area (Å²) in [6, 6.07) is 17.4. The molecule has 30 heavy (non-hydrogen) atoms. The lowest BCUT2D eigenvalue weighted by Crippen LogP contribution is -2.52. The third kappa shape index (κ3) is 3.55. The second-order valence-corrected chi connectivity index (χ2v) is 6.81. The molecule has 1 saturated heterocycles. The second kappa shape index (κ2) is 9.05. The van der Waals surface area contributed by atoms with Crippen LogP contribution in [0.2, 0.25) is 0 Å². The number of ketones is 1. The van der Waals surface area contributed by atoms with Crippen molar-refractivity contribution < 1.29 is 28.6 Å². The maximum Gasteiger partial charge on any atom is 0.331 e. The van der Waals surface area contributed by atoms with Crippen molar-refractivity contribution in [3.63, 3.8) is 0 Å². The molecular weight excluding hydrogens is 384 g/mol. The van der Waals surface area contributed by atoms with E-state index in [1.54, 1.807) is 68.4 Å². The zero-order valence-corrected chi connectivity index (χ0v) is 17.0. The van der Waals surface area contributed by atoms with Gasteiger partial charge in [-0.3, -0.25) is 14.4 Å². The van der Waals surface area contributed by atoms with Crippen LogP contribution in [0.4, 0.5) is 0 Å². The lowest BCUT2D eigenvalue weighted by atomic mass is 9.73. The Morgan fingerprint density at radius 3 is 1.90 bits per heavy atom. The normalized spacial score (nSPS) is 19.9. The van der Waals surface area contributed by atoms with Gasteiger partial charge in [0, 0.05) is 5.56 Å². The molecule has 0 saturated carbocycles. The molecular formula is C24H24O6. The van der Waals surface area contributed by atoms with Gasteiger partial charge in [0.1, 0.15) is 6.10 Å². The number of carbonyl (C=O) groups excluding carboxylic acids is 3. The van der Waals surface area contributed by atoms with Crippen molar-refractivity contribution in [1.29, 1.82) is 0 Å². The SMILES string of the molecule is C=C1[C@H](c2ccccc2)O[C@H](C(=O)c2ccccc2)C1(C(=O)OCC)C(=O)OCC. The molecule has 0 spiro atoms. The molecule has 1 fully saturated rings. The van der Waals surface area contributed by atoms with Crippen molar-refractivity contribution in [2.45, 2.75) is 26.1 Å². The predicted molar refractivity (Wildman–Crippen MR) is 110 cm³/mol. The maximum atomic E-state index is 13.4. The van der Waals surface area contributed by atoms with E-state index in [4.69, 9.17) is 14.2 Å². The number of ether oxygens (including phenoxy) is 3. The zero-order valence-electron chi connectivity index (χ0n) is 17.0. The van der Waals surface area contributed by atoms with Gasteiger partial charge in [0.15, 0.2) is 11.9 Å². The number of carbonyl (C=O) groups is 3. The van der Waals surface area contributed by atoms with Crippen LogP contribution in [0.3, 0.4) is 0 Å². The Morgan fingerprint density at radius 1 is 0.900 bits per heavy atom. The van der Waals surface area contributed by atoms with Gasteiger partial charge in [0.05, 0.1) is 13.2 Å². The number of hydrogen-bond donors (Lipinski definition) is 0. The number of Topliss-reactive ketones (excluding diaryl/α,β-unsaturated/α-hetero) is 1. The molecule has 1 aliphatic heterocycles. The molecule has 6 nitrogen and oxygen atoms in total. The standard InChI is InChI=1S/C24H24O6/c1-4-28-22(26)24(23(27)29-5-2)16(3)20(18-14-10-7-11-15-18)30-21(24)19(25)17-12-8-6-9-13-17/h6-15,20-21H,3-5H2,1-2H3/t20-,21-/m1/s1. The summed E-state index contributed by atoms with van der Waals surface area (Å²) in [6.07, 6.45) is -2.31. The van der Waals surface area contributed by atoms with Gasteiger partial charge in [-0.25, -0.2) is 0 Å². The van der Waals surface area contributed by atoms with Gasteiger partial charge in [0.25, 0.3) is 0 Å². The Labute approximate surface area is 175 Å². The summed E-state index contributed by atoms with van der Waals surface area (Å²) in [5.74, 6) is -2.32. The summed E-state index contributed by atoms with van der Waals surface area (Å²) >= 11 is 0. The molecule has 3 rings (SSSR count). The molecule has 1 heterocycles. The minimum Gasteiger partial charge on any atom is -0.465 e. The number of benzene rings is 2. The van der Waals surface area contributed by atoms with Crippen LogP contribution in [0.1, 0.15) is 35.9 Å². The second-order valence-electron chi connectivity index (χ2n) is 6.81. The lowest BCUT2D eigenvalue weighted by Gasteiger charge is -2.29. The van der Waals surface area contributed by atoms with Crippen molar-refractivity contribution in [2.24, 2.45) is 5.41 Å². The molecule has 0 amide bonds. The van der Waals surface area contributed by atoms with Gasteiger partial charge in [-0.1, -0.05) is 67.2 Å². The highest BCUT2D eigenvalue weighted by molar-refractivity contribution is 6.13. The molecule has 0 radical (unpaired) electrons. The summed E-state index contributed by atoms with van der Waals surface area (Å²) in [6.45, 7) is 7.31. The van der Waals surface area contributed by atoms with E-state index in [-0.39, 0.29) is 18.8 Å². The minimum atomic E-state index is -2.10. The number of esters is 2. The van der Waals surface area contributed by atoms with Gasteiger partial charge >= 0.3 is 11.9 Å². The van der Waals surface area contributed by atoms with Gasteiger partial charge < -0.3 is 14.2 Å². The Hall–Kier alpha value is -3.25. The van der Waals surface area contributed by atoms with E-state index in [1.807, 2.05) is 6.07 Å². The van der Waals surface area contributed by atoms with Crippen LogP contribution < -0.4 is 0 Å². The third-order valence-corrected chi connectivity index (χ3v) is 5.08. The van der Waals surface area contributed by atoms with Gasteiger partial charge in [0.2, 0.25) is 5.41 Å². The molecule has 0 N–H and O–H groups in total. The Morgan fingerprint density at radius 2 is 1.40 bits per heavy atom. The zero-order chi connectivity index (χ0) is 21.7. The van der Waals surface area contributed by atoms with Crippen LogP contribution in [0.15, 0.2) is 72.8 Å². The molecule has 156 valence electrons. The fourth-order valence-corrected chi connectivity index (χ4v) is 3.66. The topological polar surface area (TPSA) is 78.9 Å². The number of rotatable bonds is 7. The van der Waals surface area contributed by atoms with E-state index in [1.165, 1.54) is 0 Å². The van der Waals surface area contributed by atoms with Crippen molar-refractivity contribution in [3.8, 4) is 0 Å². The van der Waals surface area contributed by atoms with Crippen molar-refractivity contribution in [2.75, 3.05) is 13.2 Å². The molecule has 6 heteroatoms. The fraction of sp³-hybridized carbons (Fsp3) is 0.292. The Balaban J connectivity index is 2.18. The van der Waals surface area contributed by atoms with Crippen LogP contribution in [-0.4, -0.2) is 37.0 Å². The molecule has 0 bridgehead atoms. The largest absolute Gasteiger partial charge is 0.465 e. The van der Waals surface area contributed by atoms with E-state index in [2.05, 4.69) is 6.58 Å². The summed E-state index contributed by atoms with van der Waals surface area (Å²) in [4.78, 5) is 39.8. The molecule has 1 aliphatic rings. The van der Waals surface area contributed by atoms with Crippen LogP contribution in [0, 0.1) is 5.41 Å². The maximum absolute atomic E-state index is 13.4. The van der Waals surface area contributed by atoms with Crippen LogP contribution in [0.25, 0.3) is 0 Å². The van der Waals surface area contributed by atoms with E-state index in [0.29, 0.717) is 11.1 Å². The first kappa shape index (κ1) is 21.5. The molecule has 2 aromatic carbocycles. The van der Waals surface area contributed by atoms with E-state index >= 15 is 0 Å². The number of hydrogen-bond acceptors (Lipinski definition) is 6. The van der Waals surface area contributed by atoms with Crippen LogP contribution in [0.5, 0.6) is 0 Å². The highest BCUT2D eigenvalue weighted by atomic mass is 16.6. The van der Waals surface area contributed by atoms with Gasteiger partial charge in [-0.15, -0.1) is 0 Å². The first-order chi connectivity index (χ1) is 14.5. The highest BCUT2D eigenvalue weighted by Gasteiger charge is 2.67. The fourth-order valence-electron chi connectivity index (χ4n) is 3.66. The summed E-state index contributed by atoms with van der Waals surface area (Å²) in [5, 5.41) is 0. The average Bonchev–Trinajstić information content (AvgIpc) is 3.08. The Bertz CT molecular complexity index is 917. The lowest BCUT2D eigenvalue weighted by molar-refractivity contribution is -0.172. The minimum absolute atomic E-state index is 0.0233. The van der Waals surface area contributed by atoms with Crippen molar-refractivity contribution >= 4 is 17.7 Å². The molecule has 0 aromatic heterocycles. The van der Waals surface area contributed by atoms with E-state index in [9.17, 15) is 14.4 Å². The van der Waals surface area contributed by atoms with E-state index < -0.39 is 35.3 Å². The van der Waals surface area contributed by atoms with E-state index in [0.717, 1.165) is 0 Å². The summed E-state index contributed by atoms with van der Waals surface area (Å²) in [7, 11) is 0.